The van der Waals surface area contributed by atoms with Gasteiger partial charge >= 0.3 is 0 Å². The van der Waals surface area contributed by atoms with Crippen LogP contribution in [0.2, 0.25) is 0 Å². The van der Waals surface area contributed by atoms with E-state index in [0.717, 1.165) is 61.1 Å². The number of carbonyl (C=O) groups excluding carboxylic acids is 1. The first kappa shape index (κ1) is 17.4. The van der Waals surface area contributed by atoms with E-state index in [0.29, 0.717) is 12.5 Å². The van der Waals surface area contributed by atoms with Gasteiger partial charge in [-0.3, -0.25) is 9.78 Å². The van der Waals surface area contributed by atoms with Gasteiger partial charge in [-0.25, -0.2) is 0 Å². The van der Waals surface area contributed by atoms with Crippen LogP contribution in [0.4, 0.5) is 0 Å². The van der Waals surface area contributed by atoms with Gasteiger partial charge in [-0.05, 0) is 50.8 Å². The Kier molecular flexibility index (Phi) is 5.18. The third kappa shape index (κ3) is 3.74. The predicted octanol–water partition coefficient (Wildman–Crippen LogP) is 3.08. The van der Waals surface area contributed by atoms with Crippen LogP contribution in [-0.2, 0) is 4.74 Å². The van der Waals surface area contributed by atoms with Crippen molar-refractivity contribution in [2.24, 2.45) is 5.73 Å². The Hall–Kier alpha value is -1.98. The van der Waals surface area contributed by atoms with Crippen LogP contribution in [0.5, 0.6) is 0 Å². The lowest BCUT2D eigenvalue weighted by atomic mass is 10.0. The zero-order chi connectivity index (χ0) is 17.9. The molecule has 0 bridgehead atoms. The standard InChI is InChI=1S/C21H27N3O2/c22-10-3-13-26-16-8-11-24(12-9-16)21(25)18-14-20(15-6-7-15)23-19-5-2-1-4-17(18)19/h1-2,4-5,14-16H,3,6-13,22H2. The molecule has 1 saturated carbocycles. The number of nitrogens with zero attached hydrogens (tertiary/aromatic N) is 2. The van der Waals surface area contributed by atoms with E-state index in [1.165, 1.54) is 12.8 Å². The van der Waals surface area contributed by atoms with E-state index in [2.05, 4.69) is 0 Å². The highest BCUT2D eigenvalue weighted by Gasteiger charge is 2.29. The van der Waals surface area contributed by atoms with Gasteiger partial charge in [0, 0.05) is 36.7 Å². The first-order valence-corrected chi connectivity index (χ1v) is 9.77. The van der Waals surface area contributed by atoms with Crippen LogP contribution in [0.15, 0.2) is 30.3 Å². The average Bonchev–Trinajstić information content (AvgIpc) is 3.53. The van der Waals surface area contributed by atoms with Crippen molar-refractivity contribution in [1.29, 1.82) is 0 Å². The van der Waals surface area contributed by atoms with Gasteiger partial charge < -0.3 is 15.4 Å². The Morgan fingerprint density at radius 2 is 1.96 bits per heavy atom. The minimum Gasteiger partial charge on any atom is -0.378 e. The van der Waals surface area contributed by atoms with Crippen LogP contribution in [-0.4, -0.2) is 48.1 Å². The van der Waals surface area contributed by atoms with Crippen LogP contribution in [0, 0.1) is 0 Å². The Morgan fingerprint density at radius 1 is 1.19 bits per heavy atom. The second-order valence-corrected chi connectivity index (χ2v) is 7.39. The maximum atomic E-state index is 13.2. The molecular weight excluding hydrogens is 326 g/mol. The quantitative estimate of drug-likeness (QED) is 0.811. The Balaban J connectivity index is 1.50. The first-order chi connectivity index (χ1) is 12.8. The van der Waals surface area contributed by atoms with Crippen molar-refractivity contribution in [3.63, 3.8) is 0 Å². The number of para-hydroxylation sites is 1. The van der Waals surface area contributed by atoms with Crippen molar-refractivity contribution in [2.75, 3.05) is 26.2 Å². The van der Waals surface area contributed by atoms with E-state index < -0.39 is 0 Å². The summed E-state index contributed by atoms with van der Waals surface area (Å²) in [5.41, 5.74) is 8.33. The fraction of sp³-hybridized carbons (Fsp3) is 0.524. The van der Waals surface area contributed by atoms with Crippen molar-refractivity contribution in [1.82, 2.24) is 9.88 Å². The van der Waals surface area contributed by atoms with Crippen LogP contribution in [0.25, 0.3) is 10.9 Å². The maximum absolute atomic E-state index is 13.2. The molecule has 1 aromatic carbocycles. The van der Waals surface area contributed by atoms with Crippen molar-refractivity contribution in [3.8, 4) is 0 Å². The zero-order valence-corrected chi connectivity index (χ0v) is 15.2. The molecule has 1 aliphatic carbocycles. The van der Waals surface area contributed by atoms with Gasteiger partial charge in [0.2, 0.25) is 0 Å². The number of likely N-dealkylation sites (tertiary alicyclic amines) is 1. The minimum atomic E-state index is 0.130. The molecular formula is C21H27N3O2. The van der Waals surface area contributed by atoms with Gasteiger partial charge in [-0.2, -0.15) is 0 Å². The van der Waals surface area contributed by atoms with Gasteiger partial charge in [-0.1, -0.05) is 18.2 Å². The molecule has 1 amide bonds. The van der Waals surface area contributed by atoms with E-state index in [-0.39, 0.29) is 12.0 Å². The number of piperidine rings is 1. The molecule has 5 heteroatoms. The molecule has 0 unspecified atom stereocenters. The van der Waals surface area contributed by atoms with Crippen molar-refractivity contribution in [3.05, 3.63) is 41.6 Å². The van der Waals surface area contributed by atoms with Gasteiger partial charge in [0.05, 0.1) is 17.2 Å². The number of aromatic nitrogens is 1. The summed E-state index contributed by atoms with van der Waals surface area (Å²) in [6.45, 7) is 2.88. The van der Waals surface area contributed by atoms with E-state index in [4.69, 9.17) is 15.5 Å². The van der Waals surface area contributed by atoms with Crippen LogP contribution < -0.4 is 5.73 Å². The topological polar surface area (TPSA) is 68.5 Å². The third-order valence-corrected chi connectivity index (χ3v) is 5.39. The number of carbonyl (C=O) groups is 1. The number of amides is 1. The molecule has 0 spiro atoms. The number of fused-ring (bicyclic) bond motifs is 1. The fourth-order valence-electron chi connectivity index (χ4n) is 3.69. The monoisotopic (exact) mass is 353 g/mol. The second kappa shape index (κ2) is 7.72. The second-order valence-electron chi connectivity index (χ2n) is 7.39. The van der Waals surface area contributed by atoms with Crippen LogP contribution >= 0.6 is 0 Å². The van der Waals surface area contributed by atoms with Gasteiger partial charge in [0.1, 0.15) is 0 Å². The molecule has 5 nitrogen and oxygen atoms in total. The highest BCUT2D eigenvalue weighted by atomic mass is 16.5. The Morgan fingerprint density at radius 3 is 2.69 bits per heavy atom. The number of pyridine rings is 1. The van der Waals surface area contributed by atoms with Crippen molar-refractivity contribution in [2.45, 2.75) is 44.1 Å². The zero-order valence-electron chi connectivity index (χ0n) is 15.2. The summed E-state index contributed by atoms with van der Waals surface area (Å²) >= 11 is 0. The van der Waals surface area contributed by atoms with Crippen molar-refractivity contribution < 1.29 is 9.53 Å². The number of nitrogens with two attached hydrogens (primary N) is 1. The molecule has 0 radical (unpaired) electrons. The minimum absolute atomic E-state index is 0.130. The number of hydrogen-bond acceptors (Lipinski definition) is 4. The number of hydrogen-bond donors (Lipinski definition) is 1. The summed E-state index contributed by atoms with van der Waals surface area (Å²) in [5, 5.41) is 0.961. The molecule has 138 valence electrons. The molecule has 26 heavy (non-hydrogen) atoms. The van der Waals surface area contributed by atoms with Gasteiger partial charge in [0.15, 0.2) is 0 Å². The maximum Gasteiger partial charge on any atom is 0.254 e. The predicted molar refractivity (Wildman–Crippen MR) is 102 cm³/mol. The molecule has 1 saturated heterocycles. The summed E-state index contributed by atoms with van der Waals surface area (Å²) in [6, 6.07) is 10.0. The smallest absolute Gasteiger partial charge is 0.254 e. The lowest BCUT2D eigenvalue weighted by Crippen LogP contribution is -2.41. The molecule has 2 heterocycles. The lowest BCUT2D eigenvalue weighted by molar-refractivity contribution is 0.00849. The Bertz CT molecular complexity index is 780. The lowest BCUT2D eigenvalue weighted by Gasteiger charge is -2.32. The molecule has 0 atom stereocenters. The highest BCUT2D eigenvalue weighted by Crippen LogP contribution is 2.40. The largest absolute Gasteiger partial charge is 0.378 e. The van der Waals surface area contributed by atoms with E-state index >= 15 is 0 Å². The SMILES string of the molecule is NCCCOC1CCN(C(=O)c2cc(C3CC3)nc3ccccc23)CC1. The van der Waals surface area contributed by atoms with Gasteiger partial charge in [-0.15, -0.1) is 0 Å². The summed E-state index contributed by atoms with van der Waals surface area (Å²) in [7, 11) is 0. The molecule has 4 rings (SSSR count). The molecule has 1 aliphatic heterocycles. The summed E-state index contributed by atoms with van der Waals surface area (Å²) in [4.78, 5) is 20.0. The number of benzene rings is 1. The van der Waals surface area contributed by atoms with Crippen LogP contribution in [0.1, 0.15) is 54.1 Å². The molecule has 1 aromatic heterocycles. The summed E-state index contributed by atoms with van der Waals surface area (Å²) < 4.78 is 5.86. The van der Waals surface area contributed by atoms with E-state index in [9.17, 15) is 4.79 Å². The summed E-state index contributed by atoms with van der Waals surface area (Å²) in [6.07, 6.45) is 5.31. The van der Waals surface area contributed by atoms with Crippen molar-refractivity contribution >= 4 is 16.8 Å². The molecule has 2 aliphatic rings. The molecule has 2 fully saturated rings. The fourth-order valence-corrected chi connectivity index (χ4v) is 3.69. The Labute approximate surface area is 154 Å². The van der Waals surface area contributed by atoms with Crippen LogP contribution in [0.3, 0.4) is 0 Å². The molecule has 2 aromatic rings. The van der Waals surface area contributed by atoms with E-state index in [1.807, 2.05) is 35.2 Å². The third-order valence-electron chi connectivity index (χ3n) is 5.39. The normalized spacial score (nSPS) is 18.4. The first-order valence-electron chi connectivity index (χ1n) is 9.77. The number of ether oxygens (including phenoxy) is 1. The highest BCUT2D eigenvalue weighted by molar-refractivity contribution is 6.06. The molecule has 2 N–H and O–H groups in total. The summed E-state index contributed by atoms with van der Waals surface area (Å²) in [5.74, 6) is 0.666. The van der Waals surface area contributed by atoms with Gasteiger partial charge in [0.25, 0.3) is 5.91 Å². The number of rotatable bonds is 6. The van der Waals surface area contributed by atoms with E-state index in [1.54, 1.807) is 0 Å². The average molecular weight is 353 g/mol.